The van der Waals surface area contributed by atoms with Gasteiger partial charge in [-0.15, -0.1) is 0 Å². The van der Waals surface area contributed by atoms with Crippen molar-refractivity contribution in [2.75, 3.05) is 18.8 Å². The lowest BCUT2D eigenvalue weighted by Crippen LogP contribution is -2.55. The number of nitrogens with two attached hydrogens (primary N) is 1. The number of amides is 3. The Balaban J connectivity index is 1.70. The average Bonchev–Trinajstić information content (AvgIpc) is 3.20. The van der Waals surface area contributed by atoms with Crippen molar-refractivity contribution >= 4 is 23.6 Å². The molecule has 2 aromatic rings. The van der Waals surface area contributed by atoms with Crippen molar-refractivity contribution in [2.45, 2.75) is 97.4 Å². The fourth-order valence-corrected chi connectivity index (χ4v) is 4.86. The second kappa shape index (κ2) is 15.5. The summed E-state index contributed by atoms with van der Waals surface area (Å²) in [5.74, 6) is -0.0953. The number of esters is 1. The minimum absolute atomic E-state index is 0.157. The Kier molecular flexibility index (Phi) is 12.1. The quantitative estimate of drug-likeness (QED) is 0.248. The maximum atomic E-state index is 13.6. The highest BCUT2D eigenvalue weighted by Crippen LogP contribution is 2.18. The Labute approximate surface area is 250 Å². The molecule has 1 heterocycles. The minimum atomic E-state index is -0.930. The summed E-state index contributed by atoms with van der Waals surface area (Å²) in [5, 5.41) is 5.83. The van der Waals surface area contributed by atoms with E-state index in [9.17, 15) is 14.4 Å². The molecule has 1 aliphatic heterocycles. The summed E-state index contributed by atoms with van der Waals surface area (Å²) >= 11 is 0. The van der Waals surface area contributed by atoms with Crippen LogP contribution in [0.15, 0.2) is 48.5 Å². The van der Waals surface area contributed by atoms with E-state index in [2.05, 4.69) is 10.6 Å². The molecule has 1 fully saturated rings. The van der Waals surface area contributed by atoms with Gasteiger partial charge in [-0.2, -0.15) is 0 Å². The SMILES string of the molecule is CC(C)CC(NC(=O)N1CCCCCC1)C(=O)NC(Cc1ccc(OCc2cccc(N)c2)cc1)C(=O)OC(C)(C)C. The lowest BCUT2D eigenvalue weighted by atomic mass is 10.0. The maximum Gasteiger partial charge on any atom is 0.329 e. The second-order valence-electron chi connectivity index (χ2n) is 12.5. The first kappa shape index (κ1) is 32.8. The number of nitrogens with zero attached hydrogens (tertiary/aromatic N) is 1. The normalized spacial score (nSPS) is 15.3. The van der Waals surface area contributed by atoms with E-state index in [4.69, 9.17) is 15.2 Å². The van der Waals surface area contributed by atoms with Crippen LogP contribution in [0.25, 0.3) is 0 Å². The highest BCUT2D eigenvalue weighted by atomic mass is 16.6. The average molecular weight is 581 g/mol. The van der Waals surface area contributed by atoms with Crippen molar-refractivity contribution in [3.05, 3.63) is 59.7 Å². The Bertz CT molecular complexity index is 1170. The van der Waals surface area contributed by atoms with Crippen LogP contribution >= 0.6 is 0 Å². The van der Waals surface area contributed by atoms with Gasteiger partial charge in [0.25, 0.3) is 0 Å². The van der Waals surface area contributed by atoms with Crippen LogP contribution < -0.4 is 21.1 Å². The molecule has 0 aromatic heterocycles. The van der Waals surface area contributed by atoms with Gasteiger partial charge in [0.05, 0.1) is 0 Å². The summed E-state index contributed by atoms with van der Waals surface area (Å²) in [6.07, 6.45) is 4.80. The van der Waals surface area contributed by atoms with Crippen molar-refractivity contribution in [1.29, 1.82) is 0 Å². The molecular weight excluding hydrogens is 532 g/mol. The highest BCUT2D eigenvalue weighted by molar-refractivity contribution is 5.90. The van der Waals surface area contributed by atoms with Gasteiger partial charge in [0, 0.05) is 25.2 Å². The molecule has 0 saturated carbocycles. The largest absolute Gasteiger partial charge is 0.489 e. The Morgan fingerprint density at radius 1 is 0.905 bits per heavy atom. The van der Waals surface area contributed by atoms with Gasteiger partial charge < -0.3 is 30.7 Å². The summed E-state index contributed by atoms with van der Waals surface area (Å²) < 4.78 is 11.5. The number of carbonyl (C=O) groups is 3. The number of carbonyl (C=O) groups excluding carboxylic acids is 3. The Morgan fingerprint density at radius 3 is 2.17 bits per heavy atom. The van der Waals surface area contributed by atoms with Crippen LogP contribution in [0.1, 0.15) is 77.8 Å². The fourth-order valence-electron chi connectivity index (χ4n) is 4.86. The predicted octanol–water partition coefficient (Wildman–Crippen LogP) is 5.22. The molecule has 42 heavy (non-hydrogen) atoms. The molecule has 0 aliphatic carbocycles. The van der Waals surface area contributed by atoms with E-state index in [1.165, 1.54) is 0 Å². The molecule has 0 bridgehead atoms. The minimum Gasteiger partial charge on any atom is -0.489 e. The number of likely N-dealkylation sites (tertiary alicyclic amines) is 1. The second-order valence-corrected chi connectivity index (χ2v) is 12.5. The zero-order valence-corrected chi connectivity index (χ0v) is 25.8. The molecule has 2 unspecified atom stereocenters. The summed E-state index contributed by atoms with van der Waals surface area (Å²) in [4.78, 5) is 41.6. The predicted molar refractivity (Wildman–Crippen MR) is 165 cm³/mol. The summed E-state index contributed by atoms with van der Waals surface area (Å²) in [5.41, 5.74) is 7.60. The third kappa shape index (κ3) is 11.3. The van der Waals surface area contributed by atoms with Gasteiger partial charge >= 0.3 is 12.0 Å². The number of rotatable bonds is 11. The molecular formula is C33H48N4O5. The van der Waals surface area contributed by atoms with Crippen LogP contribution in [-0.2, 0) is 27.4 Å². The van der Waals surface area contributed by atoms with Crippen LogP contribution in [0.4, 0.5) is 10.5 Å². The van der Waals surface area contributed by atoms with Crippen molar-refractivity contribution < 1.29 is 23.9 Å². The number of ether oxygens (including phenoxy) is 2. The van der Waals surface area contributed by atoms with Crippen LogP contribution in [-0.4, -0.2) is 53.6 Å². The topological polar surface area (TPSA) is 123 Å². The molecule has 2 aromatic carbocycles. The van der Waals surface area contributed by atoms with E-state index in [0.29, 0.717) is 37.6 Å². The molecule has 230 valence electrons. The van der Waals surface area contributed by atoms with Gasteiger partial charge in [0.15, 0.2) is 0 Å². The zero-order chi connectivity index (χ0) is 30.7. The number of anilines is 1. The van der Waals surface area contributed by atoms with Gasteiger partial charge in [0.2, 0.25) is 5.91 Å². The lowest BCUT2D eigenvalue weighted by molar-refractivity contribution is -0.158. The maximum absolute atomic E-state index is 13.6. The molecule has 0 spiro atoms. The van der Waals surface area contributed by atoms with E-state index in [-0.39, 0.29) is 18.4 Å². The molecule has 2 atom stereocenters. The Hall–Kier alpha value is -3.75. The van der Waals surface area contributed by atoms with E-state index < -0.39 is 29.6 Å². The number of hydrogen-bond donors (Lipinski definition) is 3. The molecule has 1 saturated heterocycles. The van der Waals surface area contributed by atoms with Gasteiger partial charge in [-0.05, 0) is 81.3 Å². The molecule has 3 rings (SSSR count). The molecule has 0 radical (unpaired) electrons. The molecule has 9 nitrogen and oxygen atoms in total. The number of nitrogens with one attached hydrogen (secondary N) is 2. The van der Waals surface area contributed by atoms with E-state index >= 15 is 0 Å². The molecule has 4 N–H and O–H groups in total. The summed E-state index contributed by atoms with van der Waals surface area (Å²) in [7, 11) is 0. The smallest absolute Gasteiger partial charge is 0.329 e. The van der Waals surface area contributed by atoms with Crippen LogP contribution in [0.3, 0.4) is 0 Å². The fraction of sp³-hybridized carbons (Fsp3) is 0.545. The van der Waals surface area contributed by atoms with Crippen LogP contribution in [0, 0.1) is 5.92 Å². The zero-order valence-electron chi connectivity index (χ0n) is 25.8. The molecule has 1 aliphatic rings. The number of urea groups is 1. The van der Waals surface area contributed by atoms with E-state index in [1.807, 2.05) is 62.4 Å². The Morgan fingerprint density at radius 2 is 1.57 bits per heavy atom. The highest BCUT2D eigenvalue weighted by Gasteiger charge is 2.31. The number of hydrogen-bond acceptors (Lipinski definition) is 6. The first-order valence-electron chi connectivity index (χ1n) is 15.0. The molecule has 3 amide bonds. The van der Waals surface area contributed by atoms with Gasteiger partial charge in [-0.25, -0.2) is 9.59 Å². The lowest BCUT2D eigenvalue weighted by Gasteiger charge is -2.28. The number of benzene rings is 2. The van der Waals surface area contributed by atoms with Gasteiger partial charge in [0.1, 0.15) is 30.0 Å². The van der Waals surface area contributed by atoms with Gasteiger partial charge in [-0.1, -0.05) is 51.0 Å². The van der Waals surface area contributed by atoms with Crippen LogP contribution in [0.2, 0.25) is 0 Å². The third-order valence-electron chi connectivity index (χ3n) is 6.94. The third-order valence-corrected chi connectivity index (χ3v) is 6.94. The van der Waals surface area contributed by atoms with Crippen molar-refractivity contribution in [3.8, 4) is 5.75 Å². The molecule has 9 heteroatoms. The van der Waals surface area contributed by atoms with Gasteiger partial charge in [-0.3, -0.25) is 4.79 Å². The first-order valence-corrected chi connectivity index (χ1v) is 15.0. The van der Waals surface area contributed by atoms with Crippen LogP contribution in [0.5, 0.6) is 5.75 Å². The van der Waals surface area contributed by atoms with Crippen molar-refractivity contribution in [2.24, 2.45) is 5.92 Å². The summed E-state index contributed by atoms with van der Waals surface area (Å²) in [6, 6.07) is 13.0. The standard InChI is InChI=1S/C33H48N4O5/c1-23(2)19-28(36-32(40)37-17-8-6-7-9-18-37)30(38)35-29(31(39)42-33(3,4)5)21-24-13-15-27(16-14-24)41-22-25-11-10-12-26(34)20-25/h10-16,20,23,28-29H,6-9,17-19,21-22,34H2,1-5H3,(H,35,38)(H,36,40). The summed E-state index contributed by atoms with van der Waals surface area (Å²) in [6.45, 7) is 11.1. The van der Waals surface area contributed by atoms with Crippen molar-refractivity contribution in [3.63, 3.8) is 0 Å². The van der Waals surface area contributed by atoms with E-state index in [0.717, 1.165) is 36.8 Å². The first-order chi connectivity index (χ1) is 19.9. The van der Waals surface area contributed by atoms with Crippen molar-refractivity contribution in [1.82, 2.24) is 15.5 Å². The number of nitrogen functional groups attached to an aromatic ring is 1. The van der Waals surface area contributed by atoms with E-state index in [1.54, 1.807) is 25.7 Å². The monoisotopic (exact) mass is 580 g/mol.